The summed E-state index contributed by atoms with van der Waals surface area (Å²) in [6, 6.07) is 12.7. The molecule has 0 aromatic heterocycles. The van der Waals surface area contributed by atoms with Gasteiger partial charge < -0.3 is 15.2 Å². The zero-order chi connectivity index (χ0) is 19.2. The molecule has 3 rings (SSSR count). The molecule has 5 heteroatoms. The lowest BCUT2D eigenvalue weighted by Gasteiger charge is -2.20. The van der Waals surface area contributed by atoms with E-state index in [9.17, 15) is 9.59 Å². The van der Waals surface area contributed by atoms with E-state index in [2.05, 4.69) is 23.5 Å². The molecular weight excluding hydrogens is 342 g/mol. The van der Waals surface area contributed by atoms with Crippen molar-refractivity contribution in [1.29, 1.82) is 0 Å². The minimum atomic E-state index is -0.559. The van der Waals surface area contributed by atoms with E-state index in [1.165, 1.54) is 24.0 Å². The van der Waals surface area contributed by atoms with E-state index in [1.54, 1.807) is 24.3 Å². The molecule has 1 aliphatic carbocycles. The maximum atomic E-state index is 12.1. The van der Waals surface area contributed by atoms with Crippen molar-refractivity contribution in [2.24, 2.45) is 0 Å². The molecule has 0 saturated carbocycles. The summed E-state index contributed by atoms with van der Waals surface area (Å²) in [4.78, 5) is 24.1. The van der Waals surface area contributed by atoms with Crippen molar-refractivity contribution >= 4 is 11.9 Å². The Balaban J connectivity index is 1.51. The largest absolute Gasteiger partial charge is 0.452 e. The Morgan fingerprint density at radius 3 is 2.48 bits per heavy atom. The highest BCUT2D eigenvalue weighted by molar-refractivity contribution is 5.91. The van der Waals surface area contributed by atoms with Gasteiger partial charge in [-0.2, -0.15) is 0 Å². The molecule has 2 aromatic carbocycles. The number of hydrogen-bond acceptors (Lipinski definition) is 4. The number of hydrogen-bond donors (Lipinski definition) is 2. The van der Waals surface area contributed by atoms with Gasteiger partial charge in [-0.1, -0.05) is 30.3 Å². The maximum absolute atomic E-state index is 12.1. The van der Waals surface area contributed by atoms with Gasteiger partial charge >= 0.3 is 5.97 Å². The number of benzene rings is 2. The number of aryl methyl sites for hydroxylation is 2. The average Bonchev–Trinajstić information content (AvgIpc) is 2.71. The molecule has 0 fully saturated rings. The van der Waals surface area contributed by atoms with E-state index >= 15 is 0 Å². The SMILES string of the molecule is CC(NC(=O)COC(=O)c1ccc(CO)cc1)c1ccc2c(c1)CCCC2. The van der Waals surface area contributed by atoms with Crippen molar-refractivity contribution in [3.63, 3.8) is 0 Å². The molecule has 142 valence electrons. The summed E-state index contributed by atoms with van der Waals surface area (Å²) >= 11 is 0. The molecule has 0 spiro atoms. The monoisotopic (exact) mass is 367 g/mol. The van der Waals surface area contributed by atoms with Crippen LogP contribution in [0.25, 0.3) is 0 Å². The molecular formula is C22H25NO4. The minimum absolute atomic E-state index is 0.0850. The molecule has 2 aromatic rings. The molecule has 0 radical (unpaired) electrons. The van der Waals surface area contributed by atoms with Crippen LogP contribution in [0, 0.1) is 0 Å². The summed E-state index contributed by atoms with van der Waals surface area (Å²) in [7, 11) is 0. The first kappa shape index (κ1) is 19.1. The third-order valence-corrected chi connectivity index (χ3v) is 4.96. The van der Waals surface area contributed by atoms with Gasteiger partial charge in [0, 0.05) is 0 Å². The summed E-state index contributed by atoms with van der Waals surface area (Å²) < 4.78 is 5.08. The fourth-order valence-corrected chi connectivity index (χ4v) is 3.35. The topological polar surface area (TPSA) is 75.6 Å². The summed E-state index contributed by atoms with van der Waals surface area (Å²) in [5, 5.41) is 11.9. The highest BCUT2D eigenvalue weighted by Gasteiger charge is 2.15. The van der Waals surface area contributed by atoms with Crippen LogP contribution in [0.4, 0.5) is 0 Å². The normalized spacial score (nSPS) is 14.1. The molecule has 1 unspecified atom stereocenters. The number of carbonyl (C=O) groups is 2. The third-order valence-electron chi connectivity index (χ3n) is 4.96. The summed E-state index contributed by atoms with van der Waals surface area (Å²) in [6.45, 7) is 1.52. The Kier molecular flexibility index (Phi) is 6.24. The maximum Gasteiger partial charge on any atom is 0.338 e. The number of esters is 1. The molecule has 27 heavy (non-hydrogen) atoms. The van der Waals surface area contributed by atoms with Crippen LogP contribution in [0.5, 0.6) is 0 Å². The van der Waals surface area contributed by atoms with E-state index < -0.39 is 5.97 Å². The zero-order valence-electron chi connectivity index (χ0n) is 15.5. The molecule has 0 heterocycles. The van der Waals surface area contributed by atoms with Crippen LogP contribution in [-0.2, 0) is 29.0 Å². The standard InChI is InChI=1S/C22H25NO4/c1-15(19-11-10-17-4-2-3-5-20(17)12-19)23-21(25)14-27-22(26)18-8-6-16(13-24)7-9-18/h6-12,15,24H,2-5,13-14H2,1H3,(H,23,25). The third kappa shape index (κ3) is 4.95. The number of rotatable bonds is 6. The first-order valence-corrected chi connectivity index (χ1v) is 9.35. The van der Waals surface area contributed by atoms with Crippen LogP contribution in [-0.4, -0.2) is 23.6 Å². The quantitative estimate of drug-likeness (QED) is 0.770. The fraction of sp³-hybridized carbons (Fsp3) is 0.364. The number of aliphatic hydroxyl groups excluding tert-OH is 1. The van der Waals surface area contributed by atoms with Crippen LogP contribution < -0.4 is 5.32 Å². The van der Waals surface area contributed by atoms with Crippen LogP contribution >= 0.6 is 0 Å². The lowest BCUT2D eigenvalue weighted by Crippen LogP contribution is -2.31. The number of fused-ring (bicyclic) bond motifs is 1. The smallest absolute Gasteiger partial charge is 0.338 e. The van der Waals surface area contributed by atoms with Crippen molar-refractivity contribution in [3.8, 4) is 0 Å². The number of carbonyl (C=O) groups excluding carboxylic acids is 2. The molecule has 5 nitrogen and oxygen atoms in total. The van der Waals surface area contributed by atoms with Crippen LogP contribution in [0.2, 0.25) is 0 Å². The second kappa shape index (κ2) is 8.82. The Bertz CT molecular complexity index is 814. The average molecular weight is 367 g/mol. The molecule has 1 aliphatic rings. The van der Waals surface area contributed by atoms with E-state index in [1.807, 2.05) is 6.92 Å². The Morgan fingerprint density at radius 1 is 1.07 bits per heavy atom. The van der Waals surface area contributed by atoms with Crippen molar-refractivity contribution in [2.75, 3.05) is 6.61 Å². The zero-order valence-corrected chi connectivity index (χ0v) is 15.5. The predicted octanol–water partition coefficient (Wildman–Crippen LogP) is 3.09. The van der Waals surface area contributed by atoms with Crippen LogP contribution in [0.1, 0.15) is 58.4 Å². The highest BCUT2D eigenvalue weighted by Crippen LogP contribution is 2.24. The first-order chi connectivity index (χ1) is 13.1. The summed E-state index contributed by atoms with van der Waals surface area (Å²) in [5.74, 6) is -0.892. The van der Waals surface area contributed by atoms with Crippen molar-refractivity contribution in [1.82, 2.24) is 5.32 Å². The van der Waals surface area contributed by atoms with Gasteiger partial charge in [0.05, 0.1) is 18.2 Å². The molecule has 0 bridgehead atoms. The Morgan fingerprint density at radius 2 is 1.78 bits per heavy atom. The van der Waals surface area contributed by atoms with Gasteiger partial charge in [0.1, 0.15) is 0 Å². The molecule has 1 atom stereocenters. The Hall–Kier alpha value is -2.66. The van der Waals surface area contributed by atoms with E-state index in [4.69, 9.17) is 9.84 Å². The number of nitrogens with one attached hydrogen (secondary N) is 1. The summed E-state index contributed by atoms with van der Waals surface area (Å²) in [6.07, 6.45) is 4.68. The predicted molar refractivity (Wildman–Crippen MR) is 102 cm³/mol. The number of ether oxygens (including phenoxy) is 1. The van der Waals surface area contributed by atoms with E-state index in [-0.39, 0.29) is 25.2 Å². The second-order valence-electron chi connectivity index (χ2n) is 6.96. The summed E-state index contributed by atoms with van der Waals surface area (Å²) in [5.41, 5.74) is 4.91. The number of aliphatic hydroxyl groups is 1. The lowest BCUT2D eigenvalue weighted by molar-refractivity contribution is -0.124. The Labute approximate surface area is 159 Å². The highest BCUT2D eigenvalue weighted by atomic mass is 16.5. The second-order valence-corrected chi connectivity index (χ2v) is 6.96. The minimum Gasteiger partial charge on any atom is -0.452 e. The number of amides is 1. The van der Waals surface area contributed by atoms with Gasteiger partial charge in [-0.15, -0.1) is 0 Å². The first-order valence-electron chi connectivity index (χ1n) is 9.35. The van der Waals surface area contributed by atoms with Crippen LogP contribution in [0.3, 0.4) is 0 Å². The van der Waals surface area contributed by atoms with Gasteiger partial charge in [0.2, 0.25) is 0 Å². The lowest BCUT2D eigenvalue weighted by atomic mass is 9.89. The molecule has 0 aliphatic heterocycles. The molecule has 0 saturated heterocycles. The van der Waals surface area contributed by atoms with Crippen LogP contribution in [0.15, 0.2) is 42.5 Å². The van der Waals surface area contributed by atoms with Gasteiger partial charge in [-0.05, 0) is 67.0 Å². The molecule has 1 amide bonds. The van der Waals surface area contributed by atoms with Gasteiger partial charge in [0.15, 0.2) is 6.61 Å². The van der Waals surface area contributed by atoms with Crippen molar-refractivity contribution < 1.29 is 19.4 Å². The fourth-order valence-electron chi connectivity index (χ4n) is 3.35. The van der Waals surface area contributed by atoms with Gasteiger partial charge in [-0.3, -0.25) is 4.79 Å². The van der Waals surface area contributed by atoms with E-state index in [0.29, 0.717) is 11.1 Å². The van der Waals surface area contributed by atoms with Crippen molar-refractivity contribution in [3.05, 3.63) is 70.3 Å². The van der Waals surface area contributed by atoms with E-state index in [0.717, 1.165) is 18.4 Å². The molecule has 2 N–H and O–H groups in total. The van der Waals surface area contributed by atoms with Gasteiger partial charge in [-0.25, -0.2) is 4.79 Å². The van der Waals surface area contributed by atoms with Crippen molar-refractivity contribution in [2.45, 2.75) is 45.3 Å². The van der Waals surface area contributed by atoms with Gasteiger partial charge in [0.25, 0.3) is 5.91 Å².